The molecule has 18 heavy (non-hydrogen) atoms. The summed E-state index contributed by atoms with van der Waals surface area (Å²) in [6, 6.07) is 7.31. The zero-order valence-corrected chi connectivity index (χ0v) is 10.7. The van der Waals surface area contributed by atoms with Crippen LogP contribution in [0, 0.1) is 0 Å². The SMILES string of the molecule is CN(CCNCc1ccc(C(F)F)cc1)C1CC1. The van der Waals surface area contributed by atoms with Gasteiger partial charge in [-0.05, 0) is 25.5 Å². The monoisotopic (exact) mass is 254 g/mol. The number of likely N-dealkylation sites (N-methyl/N-ethyl adjacent to an activating group) is 1. The highest BCUT2D eigenvalue weighted by molar-refractivity contribution is 5.23. The molecule has 1 N–H and O–H groups in total. The molecule has 0 aliphatic heterocycles. The van der Waals surface area contributed by atoms with E-state index < -0.39 is 6.43 Å². The number of nitrogens with one attached hydrogen (secondary N) is 1. The summed E-state index contributed by atoms with van der Waals surface area (Å²) in [6.45, 7) is 2.71. The topological polar surface area (TPSA) is 15.3 Å². The lowest BCUT2D eigenvalue weighted by atomic mass is 10.1. The molecule has 0 bridgehead atoms. The maximum Gasteiger partial charge on any atom is 0.263 e. The van der Waals surface area contributed by atoms with Crippen LogP contribution in [0.15, 0.2) is 24.3 Å². The molecule has 2 nitrogen and oxygen atoms in total. The van der Waals surface area contributed by atoms with Gasteiger partial charge >= 0.3 is 0 Å². The van der Waals surface area contributed by atoms with E-state index >= 15 is 0 Å². The van der Waals surface area contributed by atoms with Gasteiger partial charge in [-0.2, -0.15) is 0 Å². The molecule has 1 aliphatic rings. The van der Waals surface area contributed by atoms with E-state index in [1.165, 1.54) is 25.0 Å². The smallest absolute Gasteiger partial charge is 0.263 e. The Morgan fingerprint density at radius 1 is 1.28 bits per heavy atom. The van der Waals surface area contributed by atoms with Gasteiger partial charge in [0.2, 0.25) is 0 Å². The van der Waals surface area contributed by atoms with Gasteiger partial charge in [0.25, 0.3) is 6.43 Å². The van der Waals surface area contributed by atoms with E-state index in [4.69, 9.17) is 0 Å². The number of benzene rings is 1. The lowest BCUT2D eigenvalue weighted by molar-refractivity contribution is 0.151. The van der Waals surface area contributed by atoms with Gasteiger partial charge in [-0.15, -0.1) is 0 Å². The first kappa shape index (κ1) is 13.4. The van der Waals surface area contributed by atoms with Crippen LogP contribution in [-0.2, 0) is 6.54 Å². The molecular weight excluding hydrogens is 234 g/mol. The van der Waals surface area contributed by atoms with Crippen molar-refractivity contribution in [1.29, 1.82) is 0 Å². The van der Waals surface area contributed by atoms with Gasteiger partial charge in [0.15, 0.2) is 0 Å². The Labute approximate surface area is 107 Å². The summed E-state index contributed by atoms with van der Waals surface area (Å²) in [7, 11) is 2.15. The zero-order chi connectivity index (χ0) is 13.0. The molecule has 0 radical (unpaired) electrons. The van der Waals surface area contributed by atoms with Crippen molar-refractivity contribution in [3.63, 3.8) is 0 Å². The van der Waals surface area contributed by atoms with Crippen LogP contribution in [-0.4, -0.2) is 31.1 Å². The molecule has 0 aromatic heterocycles. The fourth-order valence-corrected chi connectivity index (χ4v) is 1.97. The number of alkyl halides is 2. The van der Waals surface area contributed by atoms with Crippen LogP contribution in [0.2, 0.25) is 0 Å². The molecule has 1 fully saturated rings. The Kier molecular flexibility index (Phi) is 4.66. The molecule has 0 atom stereocenters. The fraction of sp³-hybridized carbons (Fsp3) is 0.571. The summed E-state index contributed by atoms with van der Waals surface area (Å²) in [4.78, 5) is 2.37. The molecule has 100 valence electrons. The van der Waals surface area contributed by atoms with Crippen molar-refractivity contribution < 1.29 is 8.78 Å². The van der Waals surface area contributed by atoms with Crippen molar-refractivity contribution in [2.75, 3.05) is 20.1 Å². The largest absolute Gasteiger partial charge is 0.311 e. The Balaban J connectivity index is 1.66. The highest BCUT2D eigenvalue weighted by atomic mass is 19.3. The minimum absolute atomic E-state index is 0.0900. The van der Waals surface area contributed by atoms with E-state index in [2.05, 4.69) is 17.3 Å². The highest BCUT2D eigenvalue weighted by Gasteiger charge is 2.25. The quantitative estimate of drug-likeness (QED) is 0.753. The number of nitrogens with zero attached hydrogens (tertiary/aromatic N) is 1. The molecule has 1 aromatic carbocycles. The van der Waals surface area contributed by atoms with E-state index in [1.807, 2.05) is 0 Å². The van der Waals surface area contributed by atoms with Crippen LogP contribution < -0.4 is 5.32 Å². The van der Waals surface area contributed by atoms with Crippen molar-refractivity contribution in [3.8, 4) is 0 Å². The average Bonchev–Trinajstić information content (AvgIpc) is 3.19. The minimum atomic E-state index is -2.38. The summed E-state index contributed by atoms with van der Waals surface area (Å²) in [5, 5.41) is 3.33. The van der Waals surface area contributed by atoms with Crippen molar-refractivity contribution in [1.82, 2.24) is 10.2 Å². The van der Waals surface area contributed by atoms with Gasteiger partial charge in [0.1, 0.15) is 0 Å². The van der Waals surface area contributed by atoms with Crippen molar-refractivity contribution in [2.24, 2.45) is 0 Å². The maximum absolute atomic E-state index is 12.4. The molecular formula is C14H20F2N2. The number of hydrogen-bond donors (Lipinski definition) is 1. The predicted octanol–water partition coefficient (Wildman–Crippen LogP) is 2.81. The van der Waals surface area contributed by atoms with Crippen LogP contribution >= 0.6 is 0 Å². The van der Waals surface area contributed by atoms with Gasteiger partial charge in [-0.25, -0.2) is 8.78 Å². The lowest BCUT2D eigenvalue weighted by Gasteiger charge is -2.15. The van der Waals surface area contributed by atoms with E-state index in [-0.39, 0.29) is 5.56 Å². The molecule has 0 spiro atoms. The van der Waals surface area contributed by atoms with E-state index in [0.29, 0.717) is 0 Å². The second-order valence-corrected chi connectivity index (χ2v) is 4.93. The third-order valence-electron chi connectivity index (χ3n) is 3.37. The third-order valence-corrected chi connectivity index (χ3v) is 3.37. The van der Waals surface area contributed by atoms with Gasteiger partial charge in [-0.1, -0.05) is 24.3 Å². The normalized spacial score (nSPS) is 15.6. The zero-order valence-electron chi connectivity index (χ0n) is 10.7. The number of hydrogen-bond acceptors (Lipinski definition) is 2. The number of rotatable bonds is 7. The fourth-order valence-electron chi connectivity index (χ4n) is 1.97. The Hall–Kier alpha value is -1.00. The molecule has 0 heterocycles. The molecule has 0 unspecified atom stereocenters. The van der Waals surface area contributed by atoms with Crippen LogP contribution in [0.4, 0.5) is 8.78 Å². The standard InChI is InChI=1S/C14H20F2N2/c1-18(13-6-7-13)9-8-17-10-11-2-4-12(5-3-11)14(15)16/h2-5,13-14,17H,6-10H2,1H3. The molecule has 4 heteroatoms. The highest BCUT2D eigenvalue weighted by Crippen LogP contribution is 2.24. The summed E-state index contributed by atoms with van der Waals surface area (Å²) in [5.41, 5.74) is 1.14. The summed E-state index contributed by atoms with van der Waals surface area (Å²) in [6.07, 6.45) is 0.274. The molecule has 0 amide bonds. The molecule has 0 saturated heterocycles. The first-order chi connectivity index (χ1) is 8.66. The molecule has 1 aromatic rings. The van der Waals surface area contributed by atoms with Gasteiger partial charge in [-0.3, -0.25) is 0 Å². The Morgan fingerprint density at radius 3 is 2.50 bits per heavy atom. The van der Waals surface area contributed by atoms with Crippen molar-refractivity contribution >= 4 is 0 Å². The predicted molar refractivity (Wildman–Crippen MR) is 68.8 cm³/mol. The van der Waals surface area contributed by atoms with E-state index in [1.54, 1.807) is 12.1 Å². The van der Waals surface area contributed by atoms with Gasteiger partial charge < -0.3 is 10.2 Å². The van der Waals surface area contributed by atoms with E-state index in [9.17, 15) is 8.78 Å². The lowest BCUT2D eigenvalue weighted by Crippen LogP contribution is -2.30. The van der Waals surface area contributed by atoms with Crippen molar-refractivity contribution in [3.05, 3.63) is 35.4 Å². The van der Waals surface area contributed by atoms with Crippen molar-refractivity contribution in [2.45, 2.75) is 31.9 Å². The average molecular weight is 254 g/mol. The van der Waals surface area contributed by atoms with Crippen LogP contribution in [0.25, 0.3) is 0 Å². The second-order valence-electron chi connectivity index (χ2n) is 4.93. The van der Waals surface area contributed by atoms with Crippen LogP contribution in [0.5, 0.6) is 0 Å². The molecule has 2 rings (SSSR count). The van der Waals surface area contributed by atoms with Crippen LogP contribution in [0.1, 0.15) is 30.4 Å². The maximum atomic E-state index is 12.4. The van der Waals surface area contributed by atoms with Crippen LogP contribution in [0.3, 0.4) is 0 Å². The first-order valence-corrected chi connectivity index (χ1v) is 6.45. The molecule has 1 saturated carbocycles. The number of halogens is 2. The Bertz CT molecular complexity index is 361. The summed E-state index contributed by atoms with van der Waals surface area (Å²) < 4.78 is 24.7. The summed E-state index contributed by atoms with van der Waals surface area (Å²) in [5.74, 6) is 0. The first-order valence-electron chi connectivity index (χ1n) is 6.45. The van der Waals surface area contributed by atoms with E-state index in [0.717, 1.165) is 31.2 Å². The third kappa shape index (κ3) is 4.03. The second kappa shape index (κ2) is 6.25. The Morgan fingerprint density at radius 2 is 1.94 bits per heavy atom. The summed E-state index contributed by atoms with van der Waals surface area (Å²) >= 11 is 0. The van der Waals surface area contributed by atoms with Gasteiger partial charge in [0, 0.05) is 31.2 Å². The van der Waals surface area contributed by atoms with Gasteiger partial charge in [0.05, 0.1) is 0 Å². The minimum Gasteiger partial charge on any atom is -0.311 e. The molecule has 1 aliphatic carbocycles.